The maximum absolute atomic E-state index is 11.5. The molecule has 0 unspecified atom stereocenters. The van der Waals surface area contributed by atoms with Crippen LogP contribution >= 0.6 is 0 Å². The van der Waals surface area contributed by atoms with Gasteiger partial charge in [-0.2, -0.15) is 0 Å². The molecular weight excluding hydrogens is 273 g/mol. The van der Waals surface area contributed by atoms with Crippen LogP contribution in [0.2, 0.25) is 5.82 Å². The second kappa shape index (κ2) is 6.03. The van der Waals surface area contributed by atoms with Gasteiger partial charge in [-0.15, -0.1) is 0 Å². The average molecular weight is 290 g/mol. The van der Waals surface area contributed by atoms with Gasteiger partial charge >= 0.3 is 101 Å². The predicted octanol–water partition coefficient (Wildman–Crippen LogP) is -0.567. The molecule has 0 spiro atoms. The fourth-order valence-electron chi connectivity index (χ4n) is 1.37. The van der Waals surface area contributed by atoms with Crippen LogP contribution < -0.4 is 4.72 Å². The number of likely N-dealkylation sites (N-methyl/N-ethyl adjacent to an activating group) is 1. The number of esters is 1. The van der Waals surface area contributed by atoms with Gasteiger partial charge in [0.05, 0.1) is 0 Å². The van der Waals surface area contributed by atoms with Crippen LogP contribution in [0.5, 0.6) is 0 Å². The molecule has 1 aromatic heterocycles. The second-order valence-corrected chi connectivity index (χ2v) is 5.29. The number of carbonyl (C=O) groups excluding carboxylic acids is 1. The number of methoxy groups -OCH3 is 1. The molecule has 0 aliphatic rings. The summed E-state index contributed by atoms with van der Waals surface area (Å²) < 4.78 is 5.77. The van der Waals surface area contributed by atoms with Crippen LogP contribution in [0.4, 0.5) is 0 Å². The van der Waals surface area contributed by atoms with Gasteiger partial charge in [-0.1, -0.05) is 0 Å². The Kier molecular flexibility index (Phi) is 4.99. The fourth-order valence-corrected chi connectivity index (χ4v) is 2.19. The van der Waals surface area contributed by atoms with E-state index in [9.17, 15) is 4.79 Å². The Morgan fingerprint density at radius 3 is 2.81 bits per heavy atom. The first-order valence-corrected chi connectivity index (χ1v) is 7.47. The molecule has 1 rings (SSSR count). The quantitative estimate of drug-likeness (QED) is 0.583. The summed E-state index contributed by atoms with van der Waals surface area (Å²) in [6, 6.07) is -0.261. The molecule has 1 heterocycles. The van der Waals surface area contributed by atoms with E-state index in [1.807, 2.05) is 19.0 Å². The zero-order valence-corrected chi connectivity index (χ0v) is 11.7. The number of aromatic amines is 1. The van der Waals surface area contributed by atoms with E-state index < -0.39 is 0 Å². The van der Waals surface area contributed by atoms with E-state index in [1.54, 1.807) is 6.20 Å². The van der Waals surface area contributed by atoms with E-state index in [-0.39, 0.29) is 12.0 Å². The van der Waals surface area contributed by atoms with Gasteiger partial charge in [0.1, 0.15) is 0 Å². The van der Waals surface area contributed by atoms with Gasteiger partial charge in [0, 0.05) is 0 Å². The SMILES string of the molecule is COC(=O)[C@H](Cc1cnc([Se]C)[nH]1)N(C)C. The van der Waals surface area contributed by atoms with Crippen molar-refractivity contribution in [3.63, 3.8) is 0 Å². The molecule has 0 saturated heterocycles. The minimum atomic E-state index is -0.261. The van der Waals surface area contributed by atoms with Gasteiger partial charge in [0.25, 0.3) is 0 Å². The van der Waals surface area contributed by atoms with Crippen molar-refractivity contribution in [1.82, 2.24) is 14.9 Å². The molecule has 1 atom stereocenters. The summed E-state index contributed by atoms with van der Waals surface area (Å²) >= 11 is 0.358. The monoisotopic (exact) mass is 291 g/mol. The molecular formula is C10H17N3O2Se. The number of carbonyl (C=O) groups is 1. The van der Waals surface area contributed by atoms with Crippen molar-refractivity contribution in [3.8, 4) is 0 Å². The van der Waals surface area contributed by atoms with Crippen molar-refractivity contribution in [2.45, 2.75) is 18.3 Å². The van der Waals surface area contributed by atoms with E-state index in [4.69, 9.17) is 4.74 Å². The summed E-state index contributed by atoms with van der Waals surface area (Å²) in [7, 11) is 5.14. The standard InChI is InChI=1S/C10H17N3O2Se/c1-13(2)8(9(14)15-3)5-7-6-11-10(12-7)16-4/h6,8H,5H2,1-4H3,(H,11,12)/t8-/m0/s1. The van der Waals surface area contributed by atoms with Crippen LogP contribution in [0.1, 0.15) is 5.69 Å². The van der Waals surface area contributed by atoms with Crippen molar-refractivity contribution in [3.05, 3.63) is 11.9 Å². The molecule has 0 saturated carbocycles. The first-order valence-electron chi connectivity index (χ1n) is 4.90. The summed E-state index contributed by atoms with van der Waals surface area (Å²) in [6.45, 7) is 0. The summed E-state index contributed by atoms with van der Waals surface area (Å²) in [5.41, 5.74) is 0.975. The molecule has 0 aromatic carbocycles. The van der Waals surface area contributed by atoms with E-state index >= 15 is 0 Å². The zero-order valence-electron chi connectivity index (χ0n) is 9.98. The van der Waals surface area contributed by atoms with Crippen LogP contribution in [-0.2, 0) is 16.0 Å². The van der Waals surface area contributed by atoms with Gasteiger partial charge in [-0.25, -0.2) is 0 Å². The van der Waals surface area contributed by atoms with Gasteiger partial charge in [-0.05, 0) is 0 Å². The van der Waals surface area contributed by atoms with E-state index in [0.717, 1.165) is 10.4 Å². The molecule has 0 bridgehead atoms. The molecule has 0 aliphatic carbocycles. The Hall–Kier alpha value is -0.841. The first kappa shape index (κ1) is 13.2. The number of hydrogen-bond acceptors (Lipinski definition) is 4. The number of imidazole rings is 1. The van der Waals surface area contributed by atoms with E-state index in [1.165, 1.54) is 7.11 Å². The van der Waals surface area contributed by atoms with Gasteiger partial charge in [0.2, 0.25) is 0 Å². The summed E-state index contributed by atoms with van der Waals surface area (Å²) in [6.07, 6.45) is 2.39. The van der Waals surface area contributed by atoms with Crippen LogP contribution in [0.25, 0.3) is 0 Å². The fraction of sp³-hybridized carbons (Fsp3) is 0.600. The van der Waals surface area contributed by atoms with Crippen LogP contribution in [-0.4, -0.2) is 63.0 Å². The topological polar surface area (TPSA) is 58.2 Å². The number of rotatable bonds is 5. The Morgan fingerprint density at radius 1 is 1.69 bits per heavy atom. The van der Waals surface area contributed by atoms with E-state index in [2.05, 4.69) is 15.8 Å². The normalized spacial score (nSPS) is 12.8. The van der Waals surface area contributed by atoms with Gasteiger partial charge < -0.3 is 0 Å². The average Bonchev–Trinajstić information content (AvgIpc) is 2.72. The van der Waals surface area contributed by atoms with Crippen molar-refractivity contribution in [1.29, 1.82) is 0 Å². The second-order valence-electron chi connectivity index (χ2n) is 3.62. The van der Waals surface area contributed by atoms with Crippen LogP contribution in [0.3, 0.4) is 0 Å². The predicted molar refractivity (Wildman–Crippen MR) is 63.0 cm³/mol. The molecule has 5 nitrogen and oxygen atoms in total. The van der Waals surface area contributed by atoms with Crippen LogP contribution in [0.15, 0.2) is 6.20 Å². The number of ether oxygens (including phenoxy) is 1. The number of hydrogen-bond donors (Lipinski definition) is 1. The molecule has 0 fully saturated rings. The van der Waals surface area contributed by atoms with Crippen molar-refractivity contribution < 1.29 is 9.53 Å². The first-order chi connectivity index (χ1) is 7.58. The van der Waals surface area contributed by atoms with Crippen LogP contribution in [0, 0.1) is 0 Å². The Balaban J connectivity index is 2.71. The van der Waals surface area contributed by atoms with Gasteiger partial charge in [0.15, 0.2) is 0 Å². The molecule has 16 heavy (non-hydrogen) atoms. The molecule has 1 aromatic rings. The molecule has 0 amide bonds. The van der Waals surface area contributed by atoms with Crippen molar-refractivity contribution in [2.75, 3.05) is 21.2 Å². The summed E-state index contributed by atoms with van der Waals surface area (Å²) in [4.78, 5) is 20.8. The number of H-pyrrole nitrogens is 1. The minimum absolute atomic E-state index is 0.219. The Morgan fingerprint density at radius 2 is 2.38 bits per heavy atom. The van der Waals surface area contributed by atoms with Crippen molar-refractivity contribution in [2.24, 2.45) is 0 Å². The zero-order chi connectivity index (χ0) is 12.1. The van der Waals surface area contributed by atoms with Crippen molar-refractivity contribution >= 4 is 25.6 Å². The summed E-state index contributed by atoms with van der Waals surface area (Å²) in [5, 5.41) is 0. The maximum atomic E-state index is 11.5. The van der Waals surface area contributed by atoms with Gasteiger partial charge in [-0.3, -0.25) is 0 Å². The molecule has 1 N–H and O–H groups in total. The third-order valence-corrected chi connectivity index (χ3v) is 3.55. The number of nitrogens with zero attached hydrogens (tertiary/aromatic N) is 2. The van der Waals surface area contributed by atoms with E-state index in [0.29, 0.717) is 21.4 Å². The Labute approximate surface area is 102 Å². The number of aromatic nitrogens is 2. The molecule has 0 aliphatic heterocycles. The molecule has 6 heteroatoms. The molecule has 0 radical (unpaired) electrons. The molecule has 90 valence electrons. The number of nitrogens with one attached hydrogen (secondary N) is 1. The summed E-state index contributed by atoms with van der Waals surface area (Å²) in [5.74, 6) is 1.88. The third kappa shape index (κ3) is 3.33. The Bertz CT molecular complexity index is 352. The third-order valence-electron chi connectivity index (χ3n) is 2.31.